The minimum atomic E-state index is -1.16. The first-order valence-electron chi connectivity index (χ1n) is 12.2. The van der Waals surface area contributed by atoms with Crippen molar-refractivity contribution in [3.63, 3.8) is 0 Å². The Morgan fingerprint density at radius 3 is 1.26 bits per heavy atom. The van der Waals surface area contributed by atoms with E-state index in [0.29, 0.717) is 6.61 Å². The number of likely N-dealkylation sites (N-methyl/N-ethyl adjacent to an activating group) is 1. The summed E-state index contributed by atoms with van der Waals surface area (Å²) in [4.78, 5) is 91.2. The van der Waals surface area contributed by atoms with Crippen LogP contribution >= 0.6 is 0 Å². The lowest BCUT2D eigenvalue weighted by Gasteiger charge is -2.16. The maximum Gasteiger partial charge on any atom is 0.331 e. The van der Waals surface area contributed by atoms with Gasteiger partial charge in [-0.1, -0.05) is 22.3 Å². The van der Waals surface area contributed by atoms with Crippen molar-refractivity contribution in [3.05, 3.63) is 0 Å². The molecule has 16 nitrogen and oxygen atoms in total. The Hall–Kier alpha value is -4.08. The Bertz CT molecular complexity index is 910. The fraction of sp³-hybridized carbons (Fsp3) is 0.704. The molecular formula is C27H52N4O12. The molecule has 4 atom stereocenters. The molecule has 0 aromatic heterocycles. The van der Waals surface area contributed by atoms with Crippen molar-refractivity contribution in [3.8, 4) is 0 Å². The van der Waals surface area contributed by atoms with Crippen LogP contribution in [0.25, 0.3) is 0 Å². The van der Waals surface area contributed by atoms with Gasteiger partial charge in [0.05, 0.1) is 20.1 Å². The van der Waals surface area contributed by atoms with E-state index < -0.39 is 67.0 Å². The molecule has 0 heterocycles. The third-order valence-corrected chi connectivity index (χ3v) is 4.60. The van der Waals surface area contributed by atoms with Crippen molar-refractivity contribution < 1.29 is 57.3 Å². The number of ether oxygens (including phenoxy) is 4. The molecule has 0 saturated heterocycles. The van der Waals surface area contributed by atoms with Gasteiger partial charge < -0.3 is 40.2 Å². The van der Waals surface area contributed by atoms with E-state index in [0.717, 1.165) is 7.11 Å². The highest BCUT2D eigenvalue weighted by Gasteiger charge is 2.23. The second-order valence-corrected chi connectivity index (χ2v) is 8.25. The molecule has 0 aliphatic rings. The molecule has 16 heteroatoms. The van der Waals surface area contributed by atoms with Crippen LogP contribution in [-0.2, 0) is 57.3 Å². The number of hydrogen-bond acceptors (Lipinski definition) is 13. The molecule has 0 radical (unpaired) electrons. The summed E-state index contributed by atoms with van der Waals surface area (Å²) in [6.45, 7) is 8.42. The molecule has 4 N–H and O–H groups in total. The van der Waals surface area contributed by atoms with Gasteiger partial charge in [-0.3, -0.25) is 24.0 Å². The quantitative estimate of drug-likeness (QED) is 0.0826. The van der Waals surface area contributed by atoms with Gasteiger partial charge in [-0.25, -0.2) is 14.4 Å². The van der Waals surface area contributed by atoms with Crippen molar-refractivity contribution >= 4 is 47.4 Å². The molecule has 0 bridgehead atoms. The van der Waals surface area contributed by atoms with Crippen molar-refractivity contribution in [1.29, 1.82) is 0 Å². The van der Waals surface area contributed by atoms with E-state index in [-0.39, 0.29) is 46.5 Å². The van der Waals surface area contributed by atoms with E-state index in [1.807, 2.05) is 0 Å². The molecule has 0 saturated carbocycles. The average Bonchev–Trinajstić information content (AvgIpc) is 2.86. The molecule has 0 aromatic rings. The molecule has 43 heavy (non-hydrogen) atoms. The number of Topliss-reactive ketones (excluding diaryl/α,β-unsaturated/α-hetero) is 1. The number of ketones is 1. The Balaban J connectivity index is -0.000000346. The standard InChI is InChI=1S/C18H27N3O10.C6H13NO2.3CH4/c1-9(22)6-13(23)20-11(3)17(27)30-8-31-18(28)12(4)21-15(25)7-14(24)19-10(2)16(26)29-5;1-4-9-6(8)5(2)7-3;;;/h10-12H,6-8H2,1-5H3,(H,19,24)(H,20,23)(H,21,25);5,7H,4H2,1-3H3;3*1H4. The van der Waals surface area contributed by atoms with Gasteiger partial charge in [-0.2, -0.15) is 0 Å². The number of carbonyl (C=O) groups excluding carboxylic acids is 8. The number of carbonyl (C=O) groups is 8. The van der Waals surface area contributed by atoms with Gasteiger partial charge in [0.2, 0.25) is 24.5 Å². The highest BCUT2D eigenvalue weighted by Crippen LogP contribution is 1.95. The van der Waals surface area contributed by atoms with Crippen molar-refractivity contribution in [2.24, 2.45) is 0 Å². The fourth-order valence-corrected chi connectivity index (χ4v) is 2.38. The third-order valence-electron chi connectivity index (χ3n) is 4.60. The second kappa shape index (κ2) is 26.8. The van der Waals surface area contributed by atoms with E-state index in [4.69, 9.17) is 4.74 Å². The summed E-state index contributed by atoms with van der Waals surface area (Å²) >= 11 is 0. The van der Waals surface area contributed by atoms with Crippen LogP contribution in [0.5, 0.6) is 0 Å². The van der Waals surface area contributed by atoms with Crippen LogP contribution in [0.1, 0.15) is 76.7 Å². The van der Waals surface area contributed by atoms with Gasteiger partial charge in [0, 0.05) is 0 Å². The average molecular weight is 625 g/mol. The summed E-state index contributed by atoms with van der Waals surface area (Å²) in [5, 5.41) is 9.48. The van der Waals surface area contributed by atoms with Gasteiger partial charge in [-0.05, 0) is 48.6 Å². The monoisotopic (exact) mass is 624 g/mol. The molecule has 0 aliphatic carbocycles. The Kier molecular flexibility index (Phi) is 30.3. The number of rotatable bonds is 15. The minimum absolute atomic E-state index is 0. The van der Waals surface area contributed by atoms with Gasteiger partial charge >= 0.3 is 23.9 Å². The van der Waals surface area contributed by atoms with Crippen LogP contribution in [0.3, 0.4) is 0 Å². The van der Waals surface area contributed by atoms with Crippen LogP contribution in [0.4, 0.5) is 0 Å². The topological polar surface area (TPSA) is 222 Å². The first-order chi connectivity index (χ1) is 18.6. The maximum atomic E-state index is 11.8. The van der Waals surface area contributed by atoms with E-state index in [1.165, 1.54) is 27.7 Å². The summed E-state index contributed by atoms with van der Waals surface area (Å²) in [7, 11) is 2.87. The minimum Gasteiger partial charge on any atom is -0.467 e. The van der Waals surface area contributed by atoms with Crippen LogP contribution in [0.2, 0.25) is 0 Å². The van der Waals surface area contributed by atoms with Gasteiger partial charge in [0.15, 0.2) is 0 Å². The first kappa shape index (κ1) is 48.6. The zero-order valence-electron chi connectivity index (χ0n) is 24.0. The van der Waals surface area contributed by atoms with E-state index >= 15 is 0 Å². The lowest BCUT2D eigenvalue weighted by atomic mass is 10.2. The number of nitrogens with one attached hydrogen (secondary N) is 4. The zero-order valence-corrected chi connectivity index (χ0v) is 24.0. The fourth-order valence-electron chi connectivity index (χ4n) is 2.38. The molecule has 0 aliphatic heterocycles. The number of amides is 3. The lowest BCUT2D eigenvalue weighted by Crippen LogP contribution is -2.44. The van der Waals surface area contributed by atoms with Crippen LogP contribution in [-0.4, -0.2) is 99.1 Å². The summed E-state index contributed by atoms with van der Waals surface area (Å²) in [6.07, 6.45) is -1.03. The lowest BCUT2D eigenvalue weighted by molar-refractivity contribution is -0.170. The normalized spacial score (nSPS) is 12.0. The highest BCUT2D eigenvalue weighted by atomic mass is 16.7. The summed E-state index contributed by atoms with van der Waals surface area (Å²) in [5.74, 6) is -5.33. The summed E-state index contributed by atoms with van der Waals surface area (Å²) < 4.78 is 18.5. The molecule has 3 amide bonds. The maximum absolute atomic E-state index is 11.8. The second-order valence-electron chi connectivity index (χ2n) is 8.25. The van der Waals surface area contributed by atoms with Gasteiger partial charge in [0.25, 0.3) is 0 Å². The molecular weight excluding hydrogens is 572 g/mol. The van der Waals surface area contributed by atoms with Gasteiger partial charge in [-0.15, -0.1) is 0 Å². The molecule has 0 rings (SSSR count). The molecule has 4 unspecified atom stereocenters. The predicted molar refractivity (Wildman–Crippen MR) is 157 cm³/mol. The van der Waals surface area contributed by atoms with Crippen molar-refractivity contribution in [2.45, 2.75) is 101 Å². The molecule has 0 aromatic carbocycles. The molecule has 252 valence electrons. The van der Waals surface area contributed by atoms with E-state index in [1.54, 1.807) is 20.9 Å². The third kappa shape index (κ3) is 24.2. The number of methoxy groups -OCH3 is 1. The Labute approximate surface area is 254 Å². The SMILES string of the molecule is C.C.C.CCOC(=O)C(C)NC.COC(=O)C(C)NC(=O)CC(=O)NC(C)C(=O)OCOC(=O)C(C)NC(=O)CC(C)=O. The number of esters is 4. The van der Waals surface area contributed by atoms with E-state index in [9.17, 15) is 38.4 Å². The number of hydrogen-bond donors (Lipinski definition) is 4. The van der Waals surface area contributed by atoms with Crippen LogP contribution in [0, 0.1) is 0 Å². The van der Waals surface area contributed by atoms with Gasteiger partial charge in [0.1, 0.15) is 36.4 Å². The predicted octanol–water partition coefficient (Wildman–Crippen LogP) is 0.152. The smallest absolute Gasteiger partial charge is 0.331 e. The van der Waals surface area contributed by atoms with Crippen molar-refractivity contribution in [2.75, 3.05) is 27.6 Å². The summed E-state index contributed by atoms with van der Waals surface area (Å²) in [6, 6.07) is -3.37. The molecule has 0 spiro atoms. The van der Waals surface area contributed by atoms with Crippen LogP contribution in [0.15, 0.2) is 0 Å². The zero-order chi connectivity index (χ0) is 31.4. The van der Waals surface area contributed by atoms with Crippen LogP contribution < -0.4 is 21.3 Å². The van der Waals surface area contributed by atoms with Crippen molar-refractivity contribution in [1.82, 2.24) is 21.3 Å². The largest absolute Gasteiger partial charge is 0.467 e. The first-order valence-corrected chi connectivity index (χ1v) is 12.2. The Morgan fingerprint density at radius 2 is 0.930 bits per heavy atom. The highest BCUT2D eigenvalue weighted by molar-refractivity contribution is 5.99. The summed E-state index contributed by atoms with van der Waals surface area (Å²) in [5.41, 5.74) is 0. The molecule has 0 fully saturated rings. The Morgan fingerprint density at radius 1 is 0.581 bits per heavy atom. The van der Waals surface area contributed by atoms with E-state index in [2.05, 4.69) is 35.5 Å².